The van der Waals surface area contributed by atoms with E-state index in [1.165, 1.54) is 4.68 Å². The minimum Gasteiger partial charge on any atom is -0.339 e. The van der Waals surface area contributed by atoms with Gasteiger partial charge in [-0.25, -0.2) is 9.67 Å². The van der Waals surface area contributed by atoms with E-state index < -0.39 is 0 Å². The molecule has 2 aliphatic rings. The maximum absolute atomic E-state index is 13.1. The number of nitrogens with zero attached hydrogens (tertiary/aromatic N) is 5. The number of carbonyl (C=O) groups is 1. The van der Waals surface area contributed by atoms with Gasteiger partial charge in [0.25, 0.3) is 11.5 Å². The van der Waals surface area contributed by atoms with E-state index in [0.29, 0.717) is 42.6 Å². The van der Waals surface area contributed by atoms with Crippen molar-refractivity contribution in [3.05, 3.63) is 51.7 Å². The number of aryl methyl sites for hydroxylation is 1. The molecule has 1 aliphatic carbocycles. The van der Waals surface area contributed by atoms with Gasteiger partial charge in [0.15, 0.2) is 0 Å². The average Bonchev–Trinajstić information content (AvgIpc) is 3.38. The second-order valence-corrected chi connectivity index (χ2v) is 8.11. The molecule has 0 spiro atoms. The third-order valence-electron chi connectivity index (χ3n) is 6.35. The van der Waals surface area contributed by atoms with Crippen LogP contribution in [0.15, 0.2) is 23.6 Å². The number of likely N-dealkylation sites (tertiary alicyclic amines) is 1. The van der Waals surface area contributed by atoms with E-state index >= 15 is 0 Å². The van der Waals surface area contributed by atoms with Crippen LogP contribution in [0.4, 0.5) is 0 Å². The normalized spacial score (nSPS) is 17.4. The Kier molecular flexibility index (Phi) is 5.53. The Morgan fingerprint density at radius 1 is 1.43 bits per heavy atom. The van der Waals surface area contributed by atoms with Crippen LogP contribution in [-0.2, 0) is 12.8 Å². The molecule has 0 radical (unpaired) electrons. The fourth-order valence-electron chi connectivity index (χ4n) is 4.57. The van der Waals surface area contributed by atoms with Crippen LogP contribution in [0, 0.1) is 30.1 Å². The lowest BCUT2D eigenvalue weighted by Crippen LogP contribution is -2.40. The third-order valence-corrected chi connectivity index (χ3v) is 6.35. The number of nitriles is 1. The zero-order valence-electron chi connectivity index (χ0n) is 17.2. The van der Waals surface area contributed by atoms with Gasteiger partial charge in [-0.2, -0.15) is 10.4 Å². The van der Waals surface area contributed by atoms with Crippen molar-refractivity contribution in [2.24, 2.45) is 11.8 Å². The Hall–Kier alpha value is -3.21. The monoisotopic (exact) mass is 406 g/mol. The Labute approximate surface area is 175 Å². The first-order valence-corrected chi connectivity index (χ1v) is 10.5. The highest BCUT2D eigenvalue weighted by Gasteiger charge is 2.30. The van der Waals surface area contributed by atoms with E-state index in [2.05, 4.69) is 27.7 Å². The van der Waals surface area contributed by atoms with Gasteiger partial charge in [-0.05, 0) is 51.4 Å². The van der Waals surface area contributed by atoms with Gasteiger partial charge in [0.2, 0.25) is 5.95 Å². The smallest absolute Gasteiger partial charge is 0.257 e. The molecule has 4 rings (SSSR count). The van der Waals surface area contributed by atoms with Gasteiger partial charge >= 0.3 is 0 Å². The van der Waals surface area contributed by atoms with E-state index in [0.717, 1.165) is 43.4 Å². The topological polar surface area (TPSA) is 108 Å². The van der Waals surface area contributed by atoms with Crippen LogP contribution in [-0.4, -0.2) is 43.6 Å². The largest absolute Gasteiger partial charge is 0.339 e. The maximum atomic E-state index is 13.1. The lowest BCUT2D eigenvalue weighted by molar-refractivity contribution is 0.0672. The molecule has 1 N–H and O–H groups in total. The van der Waals surface area contributed by atoms with Crippen molar-refractivity contribution in [1.82, 2.24) is 24.6 Å². The number of H-pyrrole nitrogens is 1. The van der Waals surface area contributed by atoms with Crippen LogP contribution in [0.25, 0.3) is 5.95 Å². The number of amides is 1. The molecule has 3 heterocycles. The first kappa shape index (κ1) is 20.1. The molecule has 1 amide bonds. The fourth-order valence-corrected chi connectivity index (χ4v) is 4.57. The summed E-state index contributed by atoms with van der Waals surface area (Å²) in [7, 11) is 0. The van der Waals surface area contributed by atoms with Gasteiger partial charge in [0, 0.05) is 18.7 Å². The van der Waals surface area contributed by atoms with Crippen LogP contribution in [0.2, 0.25) is 0 Å². The van der Waals surface area contributed by atoms with Crippen molar-refractivity contribution < 1.29 is 4.79 Å². The molecule has 1 fully saturated rings. The van der Waals surface area contributed by atoms with E-state index in [1.807, 2.05) is 11.8 Å². The van der Waals surface area contributed by atoms with Gasteiger partial charge in [-0.15, -0.1) is 6.58 Å². The van der Waals surface area contributed by atoms with E-state index in [9.17, 15) is 14.9 Å². The van der Waals surface area contributed by atoms with Crippen LogP contribution < -0.4 is 5.56 Å². The highest BCUT2D eigenvalue weighted by atomic mass is 16.2. The molecule has 0 bridgehead atoms. The summed E-state index contributed by atoms with van der Waals surface area (Å²) in [6, 6.07) is 2.38. The summed E-state index contributed by atoms with van der Waals surface area (Å²) in [5.74, 6) is 0.545. The first-order valence-electron chi connectivity index (χ1n) is 10.5. The molecule has 1 atom stereocenters. The number of nitrogens with one attached hydrogen (secondary N) is 1. The molecule has 156 valence electrons. The number of aromatic amines is 1. The minimum absolute atomic E-state index is 0.0352. The predicted molar refractivity (Wildman–Crippen MR) is 111 cm³/mol. The molecule has 1 aliphatic heterocycles. The highest BCUT2D eigenvalue weighted by molar-refractivity contribution is 5.95. The average molecular weight is 406 g/mol. The molecule has 8 nitrogen and oxygen atoms in total. The predicted octanol–water partition coefficient (Wildman–Crippen LogP) is 2.32. The van der Waals surface area contributed by atoms with E-state index in [1.54, 1.807) is 12.3 Å². The van der Waals surface area contributed by atoms with Gasteiger partial charge in [0.05, 0.1) is 35.1 Å². The fraction of sp³-hybridized carbons (Fsp3) is 0.500. The summed E-state index contributed by atoms with van der Waals surface area (Å²) in [6.07, 6.45) is 8.14. The van der Waals surface area contributed by atoms with Crippen LogP contribution in [0.5, 0.6) is 0 Å². The molecule has 0 aromatic carbocycles. The number of rotatable bonds is 5. The van der Waals surface area contributed by atoms with Crippen LogP contribution in [0.1, 0.15) is 53.0 Å². The van der Waals surface area contributed by atoms with Gasteiger partial charge in [0.1, 0.15) is 0 Å². The molecule has 0 saturated carbocycles. The zero-order valence-corrected chi connectivity index (χ0v) is 17.2. The van der Waals surface area contributed by atoms with Crippen LogP contribution in [0.3, 0.4) is 0 Å². The lowest BCUT2D eigenvalue weighted by atomic mass is 9.83. The van der Waals surface area contributed by atoms with Crippen molar-refractivity contribution in [2.75, 3.05) is 13.1 Å². The molecular weight excluding hydrogens is 380 g/mol. The quantitative estimate of drug-likeness (QED) is 0.767. The number of hydrogen-bond donors (Lipinski definition) is 1. The molecular formula is C22H26N6O2. The van der Waals surface area contributed by atoms with Crippen molar-refractivity contribution in [3.8, 4) is 12.0 Å². The Morgan fingerprint density at radius 2 is 2.20 bits per heavy atom. The third kappa shape index (κ3) is 3.56. The SMILES string of the molecule is C=CCC(C#N)C1CCN(C(=O)c2cnn(-c3nc4c(c(=O)[nH]3)CCC4)c2C)CC1. The summed E-state index contributed by atoms with van der Waals surface area (Å²) in [5, 5.41) is 13.7. The second kappa shape index (κ2) is 8.27. The first-order chi connectivity index (χ1) is 14.5. The van der Waals surface area contributed by atoms with Crippen molar-refractivity contribution in [3.63, 3.8) is 0 Å². The summed E-state index contributed by atoms with van der Waals surface area (Å²) >= 11 is 0. The van der Waals surface area contributed by atoms with Gasteiger partial charge in [-0.3, -0.25) is 14.6 Å². The summed E-state index contributed by atoms with van der Waals surface area (Å²) < 4.78 is 1.54. The lowest BCUT2D eigenvalue weighted by Gasteiger charge is -2.33. The molecule has 8 heteroatoms. The molecule has 1 saturated heterocycles. The number of allylic oxidation sites excluding steroid dienone is 1. The molecule has 30 heavy (non-hydrogen) atoms. The Morgan fingerprint density at radius 3 is 2.90 bits per heavy atom. The maximum Gasteiger partial charge on any atom is 0.257 e. The van der Waals surface area contributed by atoms with Crippen molar-refractivity contribution in [1.29, 1.82) is 5.26 Å². The Balaban J connectivity index is 1.50. The van der Waals surface area contributed by atoms with E-state index in [4.69, 9.17) is 0 Å². The number of fused-ring (bicyclic) bond motifs is 1. The summed E-state index contributed by atoms with van der Waals surface area (Å²) in [4.78, 5) is 34.6. The molecule has 2 aromatic rings. The second-order valence-electron chi connectivity index (χ2n) is 8.11. The van der Waals surface area contributed by atoms with Crippen LogP contribution >= 0.6 is 0 Å². The highest BCUT2D eigenvalue weighted by Crippen LogP contribution is 2.28. The standard InChI is InChI=1S/C22H26N6O2/c1-3-5-16(12-23)15-8-10-27(11-9-15)21(30)18-13-24-28(14(18)2)22-25-19-7-4-6-17(19)20(29)26-22/h3,13,15-16H,1,4-11H2,2H3,(H,25,26,29). The van der Waals surface area contributed by atoms with Crippen molar-refractivity contribution >= 4 is 5.91 Å². The number of hydrogen-bond acceptors (Lipinski definition) is 5. The number of carbonyl (C=O) groups excluding carboxylic acids is 1. The van der Waals surface area contributed by atoms with Gasteiger partial charge in [-0.1, -0.05) is 6.08 Å². The number of aromatic nitrogens is 4. The Bertz CT molecular complexity index is 1070. The summed E-state index contributed by atoms with van der Waals surface area (Å²) in [5.41, 5.74) is 2.63. The van der Waals surface area contributed by atoms with Crippen molar-refractivity contribution in [2.45, 2.75) is 45.4 Å². The molecule has 2 aromatic heterocycles. The zero-order chi connectivity index (χ0) is 21.3. The number of piperidine rings is 1. The summed E-state index contributed by atoms with van der Waals surface area (Å²) in [6.45, 7) is 6.80. The van der Waals surface area contributed by atoms with Gasteiger partial charge < -0.3 is 4.90 Å². The molecule has 1 unspecified atom stereocenters. The minimum atomic E-state index is -0.121. The van der Waals surface area contributed by atoms with E-state index in [-0.39, 0.29) is 17.4 Å².